The molecule has 2 aliphatic rings. The van der Waals surface area contributed by atoms with Gasteiger partial charge in [0.05, 0.1) is 22.0 Å². The van der Waals surface area contributed by atoms with E-state index in [0.29, 0.717) is 69.0 Å². The third kappa shape index (κ3) is 21.0. The van der Waals surface area contributed by atoms with Crippen molar-refractivity contribution >= 4 is 91.0 Å². The third-order valence-electron chi connectivity index (χ3n) is 16.6. The Morgan fingerprint density at radius 2 is 1.04 bits per heavy atom. The number of aromatic nitrogens is 2. The van der Waals surface area contributed by atoms with Crippen LogP contribution in [0.3, 0.4) is 0 Å². The molecule has 6 rings (SSSR count). The molecule has 0 saturated heterocycles. The zero-order chi connectivity index (χ0) is 72.8. The van der Waals surface area contributed by atoms with E-state index in [1.807, 2.05) is 33.1 Å². The number of amides is 8. The summed E-state index contributed by atoms with van der Waals surface area (Å²) < 4.78 is 72.2. The van der Waals surface area contributed by atoms with Crippen molar-refractivity contribution in [3.63, 3.8) is 0 Å². The van der Waals surface area contributed by atoms with E-state index in [2.05, 4.69) is 66.6 Å². The van der Waals surface area contributed by atoms with Crippen LogP contribution in [0.2, 0.25) is 0 Å². The monoisotopic (exact) mass is 1420 g/mol. The number of guanidine groups is 2. The molecule has 31 nitrogen and oxygen atoms in total. The lowest BCUT2D eigenvalue weighted by Gasteiger charge is -2.26. The van der Waals surface area contributed by atoms with E-state index in [0.717, 1.165) is 22.9 Å². The molecule has 3 aromatic carbocycles. The number of ether oxygens (including phenoxy) is 2. The van der Waals surface area contributed by atoms with E-state index in [1.165, 1.54) is 33.3 Å². The fourth-order valence-electron chi connectivity index (χ4n) is 11.5. The number of hydrazine groups is 1. The Balaban J connectivity index is 1.11. The van der Waals surface area contributed by atoms with Crippen molar-refractivity contribution < 1.29 is 64.7 Å². The van der Waals surface area contributed by atoms with Gasteiger partial charge < -0.3 is 63.1 Å². The van der Waals surface area contributed by atoms with Gasteiger partial charge >= 0.3 is 0 Å². The Morgan fingerprint density at radius 3 is 1.51 bits per heavy atom. The van der Waals surface area contributed by atoms with Gasteiger partial charge in [0, 0.05) is 81.4 Å². The number of rotatable bonds is 32. The number of aliphatic imine (C=N–C) groups is 2. The maximum atomic E-state index is 14.5. The Bertz CT molecular complexity index is 3940. The molecule has 4 aromatic rings. The molecule has 536 valence electrons. The second-order valence-electron chi connectivity index (χ2n) is 25.6. The first kappa shape index (κ1) is 78.0. The molecule has 0 bridgehead atoms. The molecule has 0 unspecified atom stereocenters. The number of nitrogens with zero attached hydrogens (tertiary/aromatic N) is 3. The number of thioether (sulfide) groups is 1. The van der Waals surface area contributed by atoms with E-state index in [-0.39, 0.29) is 78.9 Å². The average molecular weight is 1420 g/mol. The van der Waals surface area contributed by atoms with Gasteiger partial charge in [-0.05, 0) is 141 Å². The van der Waals surface area contributed by atoms with Gasteiger partial charge in [0.1, 0.15) is 59.0 Å². The summed E-state index contributed by atoms with van der Waals surface area (Å²) in [6.07, 6.45) is 3.42. The van der Waals surface area contributed by atoms with Gasteiger partial charge in [-0.15, -0.1) is 11.8 Å². The van der Waals surface area contributed by atoms with Gasteiger partial charge in [0.25, 0.3) is 26.0 Å². The molecule has 98 heavy (non-hydrogen) atoms. The number of hydrogen-bond donors (Lipinski definition) is 14. The topological polar surface area (TPSA) is 475 Å². The Morgan fingerprint density at radius 1 is 0.592 bits per heavy atom. The molecule has 0 fully saturated rings. The summed E-state index contributed by atoms with van der Waals surface area (Å²) in [6, 6.07) is 0.362. The third-order valence-corrected chi connectivity index (χ3v) is 20.7. The van der Waals surface area contributed by atoms with Crippen LogP contribution in [0.25, 0.3) is 0 Å². The molecule has 17 N–H and O–H groups in total. The number of benzene rings is 3. The van der Waals surface area contributed by atoms with Crippen LogP contribution in [0.15, 0.2) is 62.6 Å². The highest BCUT2D eigenvalue weighted by Gasteiger charge is 2.40. The first-order chi connectivity index (χ1) is 45.8. The van der Waals surface area contributed by atoms with Crippen molar-refractivity contribution in [3.05, 3.63) is 98.6 Å². The minimum Gasteiger partial charge on any atom is -0.487 e. The van der Waals surface area contributed by atoms with E-state index in [4.69, 9.17) is 26.8 Å². The summed E-state index contributed by atoms with van der Waals surface area (Å²) in [5.74, 6) is -0.167. The number of carbonyl (C=O) groups is 8. The molecule has 34 heteroatoms. The van der Waals surface area contributed by atoms with E-state index in [1.54, 1.807) is 71.9 Å². The van der Waals surface area contributed by atoms with Gasteiger partial charge in [-0.25, -0.2) is 37.1 Å². The molecular formula is C64H93N17O14S3. The van der Waals surface area contributed by atoms with Gasteiger partial charge in [-0.3, -0.25) is 53.8 Å². The van der Waals surface area contributed by atoms with Crippen molar-refractivity contribution in [2.24, 2.45) is 27.3 Å². The van der Waals surface area contributed by atoms with Crippen LogP contribution in [0.4, 0.5) is 0 Å². The zero-order valence-corrected chi connectivity index (χ0v) is 60.0. The molecule has 3 heterocycles. The average Bonchev–Trinajstić information content (AvgIpc) is 1.54. The summed E-state index contributed by atoms with van der Waals surface area (Å²) in [5.41, 5.74) is 19.1. The number of imidazole rings is 1. The van der Waals surface area contributed by atoms with Gasteiger partial charge in [0.15, 0.2) is 0 Å². The maximum absolute atomic E-state index is 14.5. The minimum atomic E-state index is -4.24. The quantitative estimate of drug-likeness (QED) is 0.00598. The van der Waals surface area contributed by atoms with Crippen LogP contribution in [-0.2, 0) is 84.1 Å². The Kier molecular flexibility index (Phi) is 26.6. The van der Waals surface area contributed by atoms with Gasteiger partial charge in [-0.2, -0.15) is 0 Å². The smallest absolute Gasteiger partial charge is 0.264 e. The predicted octanol–water partition coefficient (Wildman–Crippen LogP) is 0.385. The fourth-order valence-corrected chi connectivity index (χ4v) is 15.4. The summed E-state index contributed by atoms with van der Waals surface area (Å²) in [7, 11) is -8.47. The lowest BCUT2D eigenvalue weighted by molar-refractivity contribution is -0.135. The highest BCUT2D eigenvalue weighted by atomic mass is 32.2. The molecule has 1 aromatic heterocycles. The van der Waals surface area contributed by atoms with Crippen LogP contribution < -0.4 is 78.9 Å². The first-order valence-electron chi connectivity index (χ1n) is 31.8. The lowest BCUT2D eigenvalue weighted by Crippen LogP contribution is -2.60. The normalized spacial score (nSPS) is 15.8. The Hall–Kier alpha value is -9.02. The standard InChI is InChI=1S/C64H93N17O14S3/c1-33-35(3)53(37(5)44-27-63(10,11)94-51(33)44)97(90,91)80-61(65)69-23-17-21-46(74-41(9)83)56(85)78-50(30-96-32-72-40(8)82)59(88)73-39(7)55(84)76-49(26-43-29-68-31-71-43)58(87)77-48(25-42-19-15-14-16-20-42)57(86)75-47(60(89)79-67)22-18-24-70-62(66)81-98(92,93)54-36(4)34(2)52-45(38(54)6)28-64(12,13)95-52/h14-16,19-20,29,31,39,46-50H,17-18,21-28,30,32,67H2,1-13H3,(H,68,71)(H,72,82)(H,73,88)(H,74,83)(H,75,86)(H,76,84)(H,77,87)(H,78,85)(H,79,89)(H3,65,69,80)(H3,66,70,81)/t39-,46+,47+,48-,49+,50+/m1/s1. The second-order valence-corrected chi connectivity index (χ2v) is 29.9. The van der Waals surface area contributed by atoms with Crippen molar-refractivity contribution in [3.8, 4) is 11.5 Å². The number of carbonyl (C=O) groups excluding carboxylic acids is 8. The molecule has 6 atom stereocenters. The predicted molar refractivity (Wildman–Crippen MR) is 369 cm³/mol. The molecule has 0 spiro atoms. The maximum Gasteiger partial charge on any atom is 0.264 e. The van der Waals surface area contributed by atoms with E-state index < -0.39 is 121 Å². The van der Waals surface area contributed by atoms with Crippen LogP contribution in [-0.4, -0.2) is 158 Å². The molecular weight excluding hydrogens is 1330 g/mol. The van der Waals surface area contributed by atoms with Crippen molar-refractivity contribution in [1.82, 2.24) is 62.1 Å². The van der Waals surface area contributed by atoms with Crippen LogP contribution in [0.5, 0.6) is 11.5 Å². The van der Waals surface area contributed by atoms with Gasteiger partial charge in [-0.1, -0.05) is 30.3 Å². The molecule has 0 saturated carbocycles. The first-order valence-corrected chi connectivity index (χ1v) is 35.9. The summed E-state index contributed by atoms with van der Waals surface area (Å²) in [6.45, 7) is 21.6. The molecule has 0 aliphatic carbocycles. The van der Waals surface area contributed by atoms with Crippen LogP contribution in [0, 0.1) is 41.5 Å². The minimum absolute atomic E-state index is 0.0148. The number of aromatic amines is 1. The summed E-state index contributed by atoms with van der Waals surface area (Å²) >= 11 is 1.05. The molecule has 2 aliphatic heterocycles. The number of sulfonamides is 2. The lowest BCUT2D eigenvalue weighted by atomic mass is 9.94. The number of H-pyrrole nitrogens is 1. The summed E-state index contributed by atoms with van der Waals surface area (Å²) in [5, 5.41) is 18.3. The largest absolute Gasteiger partial charge is 0.487 e. The van der Waals surface area contributed by atoms with Crippen molar-refractivity contribution in [1.29, 1.82) is 0 Å². The van der Waals surface area contributed by atoms with E-state index in [9.17, 15) is 55.2 Å². The van der Waals surface area contributed by atoms with Crippen LogP contribution >= 0.6 is 11.8 Å². The highest BCUT2D eigenvalue weighted by Crippen LogP contribution is 2.45. The van der Waals surface area contributed by atoms with E-state index >= 15 is 0 Å². The number of hydrogen-bond acceptors (Lipinski definition) is 19. The van der Waals surface area contributed by atoms with Crippen molar-refractivity contribution in [2.45, 2.75) is 199 Å². The Labute approximate surface area is 575 Å². The highest BCUT2D eigenvalue weighted by molar-refractivity contribution is 7.99. The molecule has 0 radical (unpaired) electrons. The number of nitrogens with one attached hydrogen (secondary N) is 11. The SMILES string of the molecule is CC(=O)NCSC[C@H](NC(=O)[C@H](CCCN=C(N)NS(=O)(=O)c1c(C)c(C)c2c(c1C)CC(C)(C)O2)NC(C)=O)C(=O)N[C@H](C)C(=O)N[C@@H](Cc1cnc[nH]1)C(=O)N[C@H](Cc1ccccc1)C(=O)N[C@@H](CCCN=C(N)NS(=O)(=O)c1c(C)c(C)c2c(c1C)CC(C)(C)O2)C(=O)NN. The fraction of sp³-hybridized carbons (Fsp3) is 0.516. The second kappa shape index (κ2) is 33.5. The van der Waals surface area contributed by atoms with Crippen molar-refractivity contribution in [2.75, 3.05) is 24.7 Å². The number of nitrogens with two attached hydrogens (primary N) is 3. The van der Waals surface area contributed by atoms with Crippen LogP contribution in [0.1, 0.15) is 130 Å². The number of fused-ring (bicyclic) bond motifs is 2. The van der Waals surface area contributed by atoms with Gasteiger partial charge in [0.2, 0.25) is 53.3 Å². The zero-order valence-electron chi connectivity index (χ0n) is 57.5. The summed E-state index contributed by atoms with van der Waals surface area (Å²) in [4.78, 5) is 124. The molecule has 8 amide bonds.